The second kappa shape index (κ2) is 4.89. The highest BCUT2D eigenvalue weighted by Gasteiger charge is 2.14. The molecule has 14 heavy (non-hydrogen) atoms. The first-order valence-electron chi connectivity index (χ1n) is 3.90. The molecule has 0 N–H and O–H groups in total. The van der Waals surface area contributed by atoms with Crippen molar-refractivity contribution in [1.29, 1.82) is 0 Å². The summed E-state index contributed by atoms with van der Waals surface area (Å²) in [5, 5.41) is 0.533. The SMILES string of the molecule is COC(=O)c1cc(Br)c(C)nc1CBr. The number of esters is 1. The molecule has 3 nitrogen and oxygen atoms in total. The zero-order valence-electron chi connectivity index (χ0n) is 7.80. The van der Waals surface area contributed by atoms with Crippen LogP contribution in [-0.4, -0.2) is 18.1 Å². The number of alkyl halides is 1. The predicted octanol–water partition coefficient (Wildman–Crippen LogP) is 2.83. The summed E-state index contributed by atoms with van der Waals surface area (Å²) in [5.74, 6) is -0.368. The fraction of sp³-hybridized carbons (Fsp3) is 0.333. The maximum atomic E-state index is 11.4. The van der Waals surface area contributed by atoms with Crippen LogP contribution in [0.5, 0.6) is 0 Å². The van der Waals surface area contributed by atoms with Crippen molar-refractivity contribution in [2.24, 2.45) is 0 Å². The highest BCUT2D eigenvalue weighted by Crippen LogP contribution is 2.20. The van der Waals surface area contributed by atoms with Crippen LogP contribution in [0.1, 0.15) is 21.7 Å². The highest BCUT2D eigenvalue weighted by atomic mass is 79.9. The molecular formula is C9H9Br2NO2. The quantitative estimate of drug-likeness (QED) is 0.621. The monoisotopic (exact) mass is 321 g/mol. The minimum absolute atomic E-state index is 0.368. The molecule has 0 spiro atoms. The number of nitrogens with zero attached hydrogens (tertiary/aromatic N) is 1. The molecule has 1 aromatic heterocycles. The van der Waals surface area contributed by atoms with Crippen LogP contribution in [0.2, 0.25) is 0 Å². The smallest absolute Gasteiger partial charge is 0.339 e. The Bertz CT molecular complexity index is 366. The molecule has 0 aliphatic heterocycles. The lowest BCUT2D eigenvalue weighted by atomic mass is 10.2. The van der Waals surface area contributed by atoms with Crippen LogP contribution in [-0.2, 0) is 10.1 Å². The molecule has 0 atom stereocenters. The molecular weight excluding hydrogens is 314 g/mol. The van der Waals surface area contributed by atoms with Crippen molar-refractivity contribution in [2.75, 3.05) is 7.11 Å². The molecule has 0 saturated carbocycles. The van der Waals surface area contributed by atoms with Gasteiger partial charge in [0.2, 0.25) is 0 Å². The molecule has 0 radical (unpaired) electrons. The largest absolute Gasteiger partial charge is 0.465 e. The molecule has 0 aliphatic carbocycles. The first-order chi connectivity index (χ1) is 6.60. The number of rotatable bonds is 2. The van der Waals surface area contributed by atoms with E-state index >= 15 is 0 Å². The summed E-state index contributed by atoms with van der Waals surface area (Å²) in [4.78, 5) is 15.6. The second-order valence-corrected chi connectivity index (χ2v) is 4.09. The van der Waals surface area contributed by atoms with Crippen LogP contribution >= 0.6 is 31.9 Å². The van der Waals surface area contributed by atoms with Crippen molar-refractivity contribution >= 4 is 37.8 Å². The Morgan fingerprint density at radius 2 is 2.29 bits per heavy atom. The maximum Gasteiger partial charge on any atom is 0.339 e. The Labute approximate surface area is 99.1 Å². The van der Waals surface area contributed by atoms with E-state index in [1.807, 2.05) is 6.92 Å². The topological polar surface area (TPSA) is 39.2 Å². The molecule has 0 fully saturated rings. The number of aryl methyl sites for hydroxylation is 1. The summed E-state index contributed by atoms with van der Waals surface area (Å²) < 4.78 is 5.46. The Kier molecular flexibility index (Phi) is 4.07. The van der Waals surface area contributed by atoms with Crippen molar-refractivity contribution in [2.45, 2.75) is 12.3 Å². The van der Waals surface area contributed by atoms with E-state index in [0.29, 0.717) is 16.6 Å². The molecule has 0 saturated heterocycles. The van der Waals surface area contributed by atoms with Gasteiger partial charge in [0.05, 0.1) is 24.1 Å². The average Bonchev–Trinajstić information content (AvgIpc) is 2.20. The number of ether oxygens (including phenoxy) is 1. The van der Waals surface area contributed by atoms with Crippen molar-refractivity contribution in [3.8, 4) is 0 Å². The van der Waals surface area contributed by atoms with E-state index in [0.717, 1.165) is 10.2 Å². The summed E-state index contributed by atoms with van der Waals surface area (Å²) in [7, 11) is 1.36. The van der Waals surface area contributed by atoms with Crippen LogP contribution in [0, 0.1) is 6.92 Å². The molecule has 0 unspecified atom stereocenters. The van der Waals surface area contributed by atoms with Gasteiger partial charge < -0.3 is 4.74 Å². The molecule has 1 heterocycles. The minimum atomic E-state index is -0.368. The van der Waals surface area contributed by atoms with Gasteiger partial charge in [-0.15, -0.1) is 0 Å². The van der Waals surface area contributed by atoms with Gasteiger partial charge in [-0.25, -0.2) is 4.79 Å². The lowest BCUT2D eigenvalue weighted by molar-refractivity contribution is 0.0599. The number of carbonyl (C=O) groups is 1. The first kappa shape index (κ1) is 11.7. The Hall–Kier alpha value is -0.420. The molecule has 1 aromatic rings. The summed E-state index contributed by atoms with van der Waals surface area (Å²) in [6.45, 7) is 1.87. The van der Waals surface area contributed by atoms with Crippen molar-refractivity contribution in [3.63, 3.8) is 0 Å². The van der Waals surface area contributed by atoms with Gasteiger partial charge in [0.25, 0.3) is 0 Å². The van der Waals surface area contributed by atoms with E-state index in [9.17, 15) is 4.79 Å². The third kappa shape index (κ3) is 2.33. The summed E-state index contributed by atoms with van der Waals surface area (Å²) in [6.07, 6.45) is 0. The van der Waals surface area contributed by atoms with Gasteiger partial charge in [-0.1, -0.05) is 15.9 Å². The molecule has 76 valence electrons. The number of methoxy groups -OCH3 is 1. The molecule has 1 rings (SSSR count). The van der Waals surface area contributed by atoms with Crippen LogP contribution in [0.25, 0.3) is 0 Å². The van der Waals surface area contributed by atoms with Crippen molar-refractivity contribution in [1.82, 2.24) is 4.98 Å². The zero-order chi connectivity index (χ0) is 10.7. The highest BCUT2D eigenvalue weighted by molar-refractivity contribution is 9.10. The third-order valence-corrected chi connectivity index (χ3v) is 3.10. The molecule has 0 bridgehead atoms. The minimum Gasteiger partial charge on any atom is -0.465 e. The lowest BCUT2D eigenvalue weighted by Gasteiger charge is -2.07. The van der Waals surface area contributed by atoms with Crippen molar-refractivity contribution < 1.29 is 9.53 Å². The number of hydrogen-bond acceptors (Lipinski definition) is 3. The maximum absolute atomic E-state index is 11.4. The van der Waals surface area contributed by atoms with Crippen LogP contribution in [0.4, 0.5) is 0 Å². The molecule has 0 aliphatic rings. The van der Waals surface area contributed by atoms with E-state index in [-0.39, 0.29) is 5.97 Å². The number of carbonyl (C=O) groups excluding carboxylic acids is 1. The molecule has 0 amide bonds. The normalized spacial score (nSPS) is 10.0. The second-order valence-electron chi connectivity index (χ2n) is 2.68. The first-order valence-corrected chi connectivity index (χ1v) is 5.82. The number of hydrogen-bond donors (Lipinski definition) is 0. The fourth-order valence-corrected chi connectivity index (χ4v) is 1.76. The van der Waals surface area contributed by atoms with Gasteiger partial charge >= 0.3 is 5.97 Å². The van der Waals surface area contributed by atoms with E-state index < -0.39 is 0 Å². The van der Waals surface area contributed by atoms with Gasteiger partial charge in [-0.3, -0.25) is 4.98 Å². The van der Waals surface area contributed by atoms with Gasteiger partial charge in [-0.05, 0) is 28.9 Å². The Morgan fingerprint density at radius 1 is 1.64 bits per heavy atom. The van der Waals surface area contributed by atoms with Gasteiger partial charge in [-0.2, -0.15) is 0 Å². The summed E-state index contributed by atoms with van der Waals surface area (Å²) >= 11 is 6.60. The van der Waals surface area contributed by atoms with Gasteiger partial charge in [0.1, 0.15) is 0 Å². The number of halogens is 2. The van der Waals surface area contributed by atoms with E-state index in [2.05, 4.69) is 41.6 Å². The Balaban J connectivity index is 3.27. The van der Waals surface area contributed by atoms with Crippen LogP contribution in [0.15, 0.2) is 10.5 Å². The fourth-order valence-electron chi connectivity index (χ4n) is 1.02. The van der Waals surface area contributed by atoms with Crippen LogP contribution in [0.3, 0.4) is 0 Å². The zero-order valence-corrected chi connectivity index (χ0v) is 11.0. The van der Waals surface area contributed by atoms with E-state index in [1.165, 1.54) is 7.11 Å². The van der Waals surface area contributed by atoms with Crippen LogP contribution < -0.4 is 0 Å². The number of pyridine rings is 1. The predicted molar refractivity (Wildman–Crippen MR) is 60.6 cm³/mol. The summed E-state index contributed by atoms with van der Waals surface area (Å²) in [6, 6.07) is 1.73. The summed E-state index contributed by atoms with van der Waals surface area (Å²) in [5.41, 5.74) is 2.03. The van der Waals surface area contributed by atoms with Gasteiger partial charge in [0, 0.05) is 9.80 Å². The number of aromatic nitrogens is 1. The standard InChI is InChI=1S/C9H9Br2NO2/c1-5-7(11)3-6(9(13)14-2)8(4-10)12-5/h3H,4H2,1-2H3. The Morgan fingerprint density at radius 3 is 2.79 bits per heavy atom. The lowest BCUT2D eigenvalue weighted by Crippen LogP contribution is -2.07. The van der Waals surface area contributed by atoms with Crippen molar-refractivity contribution in [3.05, 3.63) is 27.5 Å². The van der Waals surface area contributed by atoms with Gasteiger partial charge in [0.15, 0.2) is 0 Å². The molecule has 0 aromatic carbocycles. The third-order valence-electron chi connectivity index (χ3n) is 1.76. The molecule has 5 heteroatoms. The van der Waals surface area contributed by atoms with E-state index in [1.54, 1.807) is 6.07 Å². The van der Waals surface area contributed by atoms with E-state index in [4.69, 9.17) is 0 Å². The average molecular weight is 323 g/mol.